The third-order valence-corrected chi connectivity index (χ3v) is 11.8. The van der Waals surface area contributed by atoms with Crippen LogP contribution in [0.15, 0.2) is 93.5 Å². The van der Waals surface area contributed by atoms with E-state index in [0.29, 0.717) is 30.3 Å². The minimum atomic E-state index is -9.06. The topological polar surface area (TPSA) is 43.4 Å². The fourth-order valence-corrected chi connectivity index (χ4v) is 9.16. The van der Waals surface area contributed by atoms with Gasteiger partial charge in [-0.2, -0.15) is 83.1 Å². The number of benzene rings is 3. The van der Waals surface area contributed by atoms with Gasteiger partial charge in [-0.1, -0.05) is 36.4 Å². The summed E-state index contributed by atoms with van der Waals surface area (Å²) in [5.74, 6) is -56.3. The van der Waals surface area contributed by atoms with Gasteiger partial charge in [-0.25, -0.2) is 12.4 Å². The molecule has 3 nitrogen and oxygen atoms in total. The molecule has 0 atom stereocenters. The lowest BCUT2D eigenvalue weighted by atomic mass is 9.91. The van der Waals surface area contributed by atoms with Crippen molar-refractivity contribution in [2.24, 2.45) is 0 Å². The zero-order chi connectivity index (χ0) is 38.8. The van der Waals surface area contributed by atoms with Crippen LogP contribution in [0.2, 0.25) is 0 Å². The van der Waals surface area contributed by atoms with E-state index >= 15 is 13.2 Å². The van der Waals surface area contributed by atoms with Crippen LogP contribution in [-0.2, 0) is 13.7 Å². The number of rotatable bonds is 12. The van der Waals surface area contributed by atoms with Gasteiger partial charge in [-0.15, -0.1) is 0 Å². The lowest BCUT2D eigenvalue weighted by molar-refractivity contribution is -0.458. The summed E-state index contributed by atoms with van der Waals surface area (Å²) in [4.78, 5) is -3.01. The van der Waals surface area contributed by atoms with Gasteiger partial charge >= 0.3 is 57.1 Å². The number of alkyl halides is 17. The molecule has 0 unspecified atom stereocenters. The molecule has 3 aromatic rings. The maximum Gasteiger partial charge on any atom is 0.460 e. The molecule has 0 aliphatic rings. The molecule has 3 aromatic carbocycles. The first-order chi connectivity index (χ1) is 22.3. The monoisotopic (exact) mass is 798 g/mol. The Hall–Kier alpha value is -3.41. The van der Waals surface area contributed by atoms with Crippen LogP contribution in [0.3, 0.4) is 0 Å². The first-order valence-electron chi connectivity index (χ1n) is 12.4. The van der Waals surface area contributed by atoms with Crippen LogP contribution in [0.4, 0.5) is 83.4 Å². The first kappa shape index (κ1) is 41.0. The maximum absolute atomic E-state index is 15.2. The molecule has 0 amide bonds. The SMILES string of the molecule is O=S(=O)(OS(c1ccccc1)(c1ccccc1)c1ccc(F)cc1F)C(F)(F)C(F)(F)C(F)(F)C(F)(F)C(F)(F)C(F)(F)C(F)(F)C(F)(F)F. The molecule has 0 bridgehead atoms. The normalized spacial score (nSPS) is 15.3. The number of hydrogen-bond acceptors (Lipinski definition) is 3. The van der Waals surface area contributed by atoms with Gasteiger partial charge in [0.1, 0.15) is 11.6 Å². The quantitative estimate of drug-likeness (QED) is 0.172. The number of hydrogen-bond donors (Lipinski definition) is 0. The van der Waals surface area contributed by atoms with Crippen molar-refractivity contribution in [2.45, 2.75) is 61.7 Å². The molecular weight excluding hydrogens is 785 g/mol. The summed E-state index contributed by atoms with van der Waals surface area (Å²) < 4.78 is 295. The summed E-state index contributed by atoms with van der Waals surface area (Å²) in [6.45, 7) is 0. The van der Waals surface area contributed by atoms with Gasteiger partial charge < -0.3 is 0 Å². The van der Waals surface area contributed by atoms with Crippen molar-refractivity contribution in [1.82, 2.24) is 0 Å². The van der Waals surface area contributed by atoms with Crippen LogP contribution in [0, 0.1) is 11.6 Å². The summed E-state index contributed by atoms with van der Waals surface area (Å²) in [5, 5.41) is -8.05. The Bertz CT molecular complexity index is 1760. The average molecular weight is 798 g/mol. The van der Waals surface area contributed by atoms with Gasteiger partial charge in [0.2, 0.25) is 0 Å². The molecule has 0 heterocycles. The van der Waals surface area contributed by atoms with E-state index in [-0.39, 0.29) is 12.1 Å². The van der Waals surface area contributed by atoms with Crippen LogP contribution in [0.5, 0.6) is 0 Å². The zero-order valence-corrected chi connectivity index (χ0v) is 24.9. The summed E-state index contributed by atoms with van der Waals surface area (Å²) in [6.07, 6.45) is -7.98. The smallest absolute Gasteiger partial charge is 0.207 e. The van der Waals surface area contributed by atoms with Crippen LogP contribution in [0.1, 0.15) is 0 Å². The molecule has 0 aromatic heterocycles. The Balaban J connectivity index is 2.34. The van der Waals surface area contributed by atoms with Crippen molar-refractivity contribution in [3.8, 4) is 0 Å². The lowest BCUT2D eigenvalue weighted by Crippen LogP contribution is -2.75. The molecule has 0 radical (unpaired) electrons. The van der Waals surface area contributed by atoms with Gasteiger partial charge in [-0.3, -0.25) is 0 Å². The zero-order valence-electron chi connectivity index (χ0n) is 23.2. The van der Waals surface area contributed by atoms with Gasteiger partial charge in [0.15, 0.2) is 0 Å². The predicted octanol–water partition coefficient (Wildman–Crippen LogP) is 10.5. The Morgan fingerprint density at radius 2 is 0.820 bits per heavy atom. The van der Waals surface area contributed by atoms with Crippen LogP contribution >= 0.6 is 10.3 Å². The molecule has 50 heavy (non-hydrogen) atoms. The van der Waals surface area contributed by atoms with Gasteiger partial charge in [0, 0.05) is 15.9 Å². The van der Waals surface area contributed by atoms with Crippen LogP contribution in [0.25, 0.3) is 0 Å². The summed E-state index contributed by atoms with van der Waals surface area (Å²) >= 11 is 0. The van der Waals surface area contributed by atoms with Crippen LogP contribution < -0.4 is 0 Å². The number of halogens is 19. The molecule has 0 spiro atoms. The second kappa shape index (κ2) is 12.4. The lowest BCUT2D eigenvalue weighted by Gasteiger charge is -2.43. The van der Waals surface area contributed by atoms with Gasteiger partial charge in [0.05, 0.1) is 4.90 Å². The highest BCUT2D eigenvalue weighted by atomic mass is 32.3. The van der Waals surface area contributed by atoms with E-state index in [2.05, 4.69) is 3.63 Å². The minimum Gasteiger partial charge on any atom is -0.207 e. The second-order valence-electron chi connectivity index (χ2n) is 9.74. The third-order valence-electron chi connectivity index (χ3n) is 6.55. The Labute approximate surface area is 268 Å². The molecule has 0 aliphatic heterocycles. The summed E-state index contributed by atoms with van der Waals surface area (Å²) in [7, 11) is -13.2. The third kappa shape index (κ3) is 5.73. The largest absolute Gasteiger partial charge is 0.460 e. The minimum absolute atomic E-state index is 0.0562. The Morgan fingerprint density at radius 1 is 0.460 bits per heavy atom. The van der Waals surface area contributed by atoms with Gasteiger partial charge in [-0.05, 0) is 46.7 Å². The summed E-state index contributed by atoms with van der Waals surface area (Å²) in [6, 6.07) is 9.31. The molecule has 3 rings (SSSR count). The maximum atomic E-state index is 15.2. The standard InChI is InChI=1S/C26H13F19O3S2/c27-14-11-12-18(17(28)13-14)49(15-7-3-1-4-8-15,16-9-5-2-6-10-16)48-50(46,47)26(44,45)24(39,40)22(35,36)20(31,32)19(29,30)21(33,34)23(37,38)25(41,42)43/h1-13H. The second-order valence-corrected chi connectivity index (χ2v) is 14.2. The van der Waals surface area contributed by atoms with E-state index in [9.17, 15) is 78.7 Å². The molecule has 0 N–H and O–H groups in total. The Kier molecular flexibility index (Phi) is 10.2. The molecular formula is C26H13F19O3S2. The van der Waals surface area contributed by atoms with Crippen molar-refractivity contribution < 1.29 is 95.5 Å². The molecule has 0 aliphatic carbocycles. The Morgan fingerprint density at radius 3 is 1.18 bits per heavy atom. The van der Waals surface area contributed by atoms with E-state index < -0.39 is 93.7 Å². The fourth-order valence-electron chi connectivity index (χ4n) is 3.92. The molecule has 0 saturated heterocycles. The highest BCUT2D eigenvalue weighted by Crippen LogP contribution is 2.72. The molecule has 0 saturated carbocycles. The van der Waals surface area contributed by atoms with Gasteiger partial charge in [0.25, 0.3) is 0 Å². The van der Waals surface area contributed by atoms with E-state index in [1.165, 1.54) is 0 Å². The van der Waals surface area contributed by atoms with Crippen molar-refractivity contribution >= 4 is 20.4 Å². The highest BCUT2D eigenvalue weighted by molar-refractivity contribution is 8.33. The van der Waals surface area contributed by atoms with E-state index in [1.54, 1.807) is 0 Å². The van der Waals surface area contributed by atoms with E-state index in [1.807, 2.05) is 0 Å². The van der Waals surface area contributed by atoms with E-state index in [0.717, 1.165) is 36.4 Å². The first-order valence-corrected chi connectivity index (χ1v) is 15.3. The molecule has 0 fully saturated rings. The molecule has 24 heteroatoms. The van der Waals surface area contributed by atoms with Crippen molar-refractivity contribution in [3.05, 3.63) is 90.5 Å². The predicted molar refractivity (Wildman–Crippen MR) is 132 cm³/mol. The van der Waals surface area contributed by atoms with Crippen LogP contribution in [-0.4, -0.2) is 55.4 Å². The van der Waals surface area contributed by atoms with Crippen molar-refractivity contribution in [1.29, 1.82) is 0 Å². The van der Waals surface area contributed by atoms with E-state index in [4.69, 9.17) is 0 Å². The highest BCUT2D eigenvalue weighted by Gasteiger charge is 2.96. The fraction of sp³-hybridized carbons (Fsp3) is 0.308. The molecule has 280 valence electrons. The summed E-state index contributed by atoms with van der Waals surface area (Å²) in [5.41, 5.74) is 0. The van der Waals surface area contributed by atoms with Crippen molar-refractivity contribution in [2.75, 3.05) is 0 Å². The van der Waals surface area contributed by atoms with Crippen molar-refractivity contribution in [3.63, 3.8) is 0 Å². The average Bonchev–Trinajstić information content (AvgIpc) is 2.99.